The van der Waals surface area contributed by atoms with Crippen LogP contribution < -0.4 is 14.8 Å². The van der Waals surface area contributed by atoms with Gasteiger partial charge in [0.1, 0.15) is 4.90 Å². The van der Waals surface area contributed by atoms with Gasteiger partial charge in [0.2, 0.25) is 10.0 Å². The molecule has 0 aliphatic heterocycles. The van der Waals surface area contributed by atoms with Crippen molar-refractivity contribution in [3.8, 4) is 5.75 Å². The molecule has 114 valence electrons. The maximum absolute atomic E-state index is 12.3. The highest BCUT2D eigenvalue weighted by molar-refractivity contribution is 9.10. The molecule has 0 heterocycles. The quantitative estimate of drug-likeness (QED) is 0.755. The van der Waals surface area contributed by atoms with Crippen LogP contribution in [0.25, 0.3) is 0 Å². The maximum atomic E-state index is 12.3. The van der Waals surface area contributed by atoms with Crippen LogP contribution in [0.15, 0.2) is 21.5 Å². The van der Waals surface area contributed by atoms with Gasteiger partial charge in [-0.05, 0) is 47.6 Å². The average Bonchev–Trinajstić information content (AvgIpc) is 2.36. The van der Waals surface area contributed by atoms with Gasteiger partial charge in [0.05, 0.1) is 11.6 Å². The number of benzene rings is 1. The highest BCUT2D eigenvalue weighted by Crippen LogP contribution is 2.35. The van der Waals surface area contributed by atoms with E-state index in [9.17, 15) is 8.42 Å². The first-order chi connectivity index (χ1) is 9.31. The summed E-state index contributed by atoms with van der Waals surface area (Å²) in [5.74, 6) is 0.409. The van der Waals surface area contributed by atoms with Crippen molar-refractivity contribution in [2.24, 2.45) is 5.92 Å². The molecule has 0 saturated carbocycles. The van der Waals surface area contributed by atoms with Gasteiger partial charge < -0.3 is 10.1 Å². The van der Waals surface area contributed by atoms with Gasteiger partial charge in [-0.1, -0.05) is 18.5 Å². The van der Waals surface area contributed by atoms with E-state index in [0.717, 1.165) is 6.54 Å². The first-order valence-electron chi connectivity index (χ1n) is 5.99. The van der Waals surface area contributed by atoms with E-state index in [-0.39, 0.29) is 16.6 Å². The van der Waals surface area contributed by atoms with Gasteiger partial charge in [-0.2, -0.15) is 0 Å². The van der Waals surface area contributed by atoms with E-state index in [4.69, 9.17) is 16.3 Å². The predicted octanol–water partition coefficient (Wildman–Crippen LogP) is 2.24. The molecule has 1 atom stereocenters. The first-order valence-corrected chi connectivity index (χ1v) is 8.64. The SMILES string of the molecule is CNCC(C)CNS(=O)(=O)c1cc(Cl)cc(Br)c1OC. The molecule has 1 unspecified atom stereocenters. The lowest BCUT2D eigenvalue weighted by Gasteiger charge is -2.15. The fourth-order valence-electron chi connectivity index (χ4n) is 1.68. The lowest BCUT2D eigenvalue weighted by molar-refractivity contribution is 0.399. The van der Waals surface area contributed by atoms with E-state index in [1.807, 2.05) is 14.0 Å². The van der Waals surface area contributed by atoms with Crippen molar-refractivity contribution in [1.82, 2.24) is 10.0 Å². The molecular formula is C12H18BrClN2O3S. The molecule has 1 rings (SSSR count). The third-order valence-electron chi connectivity index (χ3n) is 2.64. The minimum absolute atomic E-state index is 0.0241. The van der Waals surface area contributed by atoms with Crippen LogP contribution in [0.1, 0.15) is 6.92 Å². The number of hydrogen-bond acceptors (Lipinski definition) is 4. The van der Waals surface area contributed by atoms with Gasteiger partial charge in [0.25, 0.3) is 0 Å². The van der Waals surface area contributed by atoms with Gasteiger partial charge in [-0.3, -0.25) is 0 Å². The molecule has 0 aliphatic rings. The molecule has 0 saturated heterocycles. The van der Waals surface area contributed by atoms with E-state index in [0.29, 0.717) is 16.0 Å². The predicted molar refractivity (Wildman–Crippen MR) is 84.0 cm³/mol. The van der Waals surface area contributed by atoms with Crippen LogP contribution in [0, 0.1) is 5.92 Å². The molecule has 0 fully saturated rings. The highest BCUT2D eigenvalue weighted by Gasteiger charge is 2.22. The van der Waals surface area contributed by atoms with Crippen LogP contribution in [-0.2, 0) is 10.0 Å². The Morgan fingerprint density at radius 2 is 2.05 bits per heavy atom. The molecule has 0 amide bonds. The Balaban J connectivity index is 3.03. The molecule has 0 aliphatic carbocycles. The summed E-state index contributed by atoms with van der Waals surface area (Å²) in [6, 6.07) is 2.96. The molecule has 0 bridgehead atoms. The molecule has 2 N–H and O–H groups in total. The first kappa shape index (κ1) is 17.7. The van der Waals surface area contributed by atoms with Crippen molar-refractivity contribution >= 4 is 37.6 Å². The molecule has 5 nitrogen and oxygen atoms in total. The van der Waals surface area contributed by atoms with Crippen molar-refractivity contribution in [2.75, 3.05) is 27.2 Å². The van der Waals surface area contributed by atoms with Crippen molar-refractivity contribution in [3.63, 3.8) is 0 Å². The average molecular weight is 386 g/mol. The Morgan fingerprint density at radius 1 is 1.40 bits per heavy atom. The largest absolute Gasteiger partial charge is 0.494 e. The summed E-state index contributed by atoms with van der Waals surface area (Å²) in [5.41, 5.74) is 0. The van der Waals surface area contributed by atoms with E-state index < -0.39 is 10.0 Å². The third kappa shape index (κ3) is 4.60. The Morgan fingerprint density at radius 3 is 2.60 bits per heavy atom. The van der Waals surface area contributed by atoms with Crippen LogP contribution in [0.3, 0.4) is 0 Å². The summed E-state index contributed by atoms with van der Waals surface area (Å²) in [5, 5.41) is 3.32. The van der Waals surface area contributed by atoms with E-state index in [1.54, 1.807) is 6.07 Å². The van der Waals surface area contributed by atoms with Gasteiger partial charge in [-0.25, -0.2) is 13.1 Å². The second-order valence-corrected chi connectivity index (χ2v) is 7.46. The molecular weight excluding hydrogens is 368 g/mol. The second-order valence-electron chi connectivity index (χ2n) is 4.43. The lowest BCUT2D eigenvalue weighted by Crippen LogP contribution is -2.32. The zero-order valence-electron chi connectivity index (χ0n) is 11.5. The molecule has 1 aromatic carbocycles. The van der Waals surface area contributed by atoms with Gasteiger partial charge >= 0.3 is 0 Å². The molecule has 0 spiro atoms. The summed E-state index contributed by atoms with van der Waals surface area (Å²) >= 11 is 9.15. The zero-order chi connectivity index (χ0) is 15.3. The number of sulfonamides is 1. The fraction of sp³-hybridized carbons (Fsp3) is 0.500. The summed E-state index contributed by atoms with van der Waals surface area (Å²) in [4.78, 5) is 0.0241. The van der Waals surface area contributed by atoms with E-state index in [1.165, 1.54) is 13.2 Å². The van der Waals surface area contributed by atoms with Crippen molar-refractivity contribution in [3.05, 3.63) is 21.6 Å². The summed E-state index contributed by atoms with van der Waals surface area (Å²) < 4.78 is 32.9. The molecule has 8 heteroatoms. The number of ether oxygens (including phenoxy) is 1. The van der Waals surface area contributed by atoms with Crippen LogP contribution in [0.4, 0.5) is 0 Å². The normalized spacial score (nSPS) is 13.2. The van der Waals surface area contributed by atoms with Crippen LogP contribution in [0.2, 0.25) is 5.02 Å². The number of nitrogens with one attached hydrogen (secondary N) is 2. The Kier molecular flexibility index (Phi) is 6.74. The van der Waals surface area contributed by atoms with Gasteiger partial charge in [0.15, 0.2) is 5.75 Å². The highest BCUT2D eigenvalue weighted by atomic mass is 79.9. The summed E-state index contributed by atoms with van der Waals surface area (Å²) in [6.45, 7) is 3.00. The number of rotatable bonds is 7. The summed E-state index contributed by atoms with van der Waals surface area (Å²) in [7, 11) is -0.444. The Bertz CT molecular complexity index is 566. The van der Waals surface area contributed by atoms with E-state index in [2.05, 4.69) is 26.0 Å². The lowest BCUT2D eigenvalue weighted by atomic mass is 10.2. The van der Waals surface area contributed by atoms with Crippen molar-refractivity contribution < 1.29 is 13.2 Å². The minimum Gasteiger partial charge on any atom is -0.494 e. The molecule has 20 heavy (non-hydrogen) atoms. The van der Waals surface area contributed by atoms with Crippen LogP contribution in [0.5, 0.6) is 5.75 Å². The number of halogens is 2. The summed E-state index contributed by atoms with van der Waals surface area (Å²) in [6.07, 6.45) is 0. The third-order valence-corrected chi connectivity index (χ3v) is 4.88. The smallest absolute Gasteiger partial charge is 0.244 e. The van der Waals surface area contributed by atoms with Crippen molar-refractivity contribution in [1.29, 1.82) is 0 Å². The number of hydrogen-bond donors (Lipinski definition) is 2. The minimum atomic E-state index is -3.68. The van der Waals surface area contributed by atoms with E-state index >= 15 is 0 Å². The van der Waals surface area contributed by atoms with Gasteiger partial charge in [-0.15, -0.1) is 0 Å². The Hall–Kier alpha value is -0.340. The standard InChI is InChI=1S/C12H18BrClN2O3S/c1-8(6-15-2)7-16-20(17,18)11-5-9(14)4-10(13)12(11)19-3/h4-5,8,15-16H,6-7H2,1-3H3. The molecule has 0 radical (unpaired) electrons. The maximum Gasteiger partial charge on any atom is 0.244 e. The fourth-order valence-corrected chi connectivity index (χ4v) is 4.23. The van der Waals surface area contributed by atoms with Crippen LogP contribution in [-0.4, -0.2) is 35.7 Å². The molecule has 0 aromatic heterocycles. The monoisotopic (exact) mass is 384 g/mol. The Labute approximate surface area is 133 Å². The zero-order valence-corrected chi connectivity index (χ0v) is 14.7. The molecule has 1 aromatic rings. The van der Waals surface area contributed by atoms with Crippen LogP contribution >= 0.6 is 27.5 Å². The van der Waals surface area contributed by atoms with Crippen molar-refractivity contribution in [2.45, 2.75) is 11.8 Å². The number of methoxy groups -OCH3 is 1. The second kappa shape index (κ2) is 7.61. The topological polar surface area (TPSA) is 67.4 Å². The van der Waals surface area contributed by atoms with Gasteiger partial charge in [0, 0.05) is 11.6 Å².